The van der Waals surface area contributed by atoms with E-state index in [-0.39, 0.29) is 5.41 Å². The van der Waals surface area contributed by atoms with Crippen LogP contribution in [0.25, 0.3) is 0 Å². The number of hydrogen-bond acceptors (Lipinski definition) is 3. The highest BCUT2D eigenvalue weighted by molar-refractivity contribution is 7.92. The molecule has 104 valence electrons. The van der Waals surface area contributed by atoms with Gasteiger partial charge in [0, 0.05) is 16.0 Å². The average Bonchev–Trinajstić information content (AvgIpc) is 2.62. The molecule has 1 aromatic rings. The highest BCUT2D eigenvalue weighted by Crippen LogP contribution is 2.42. The van der Waals surface area contributed by atoms with Crippen molar-refractivity contribution < 1.29 is 8.42 Å². The number of hydrogen-bond donors (Lipinski definition) is 0. The lowest BCUT2D eigenvalue weighted by Crippen LogP contribution is -2.35. The van der Waals surface area contributed by atoms with E-state index in [1.165, 1.54) is 11.1 Å². The fourth-order valence-corrected chi connectivity index (χ4v) is 3.92. The normalized spacial score (nSPS) is 15.7. The molecule has 0 aliphatic rings. The van der Waals surface area contributed by atoms with E-state index in [0.29, 0.717) is 0 Å². The molecule has 0 fully saturated rings. The Kier molecular flexibility index (Phi) is 4.27. The van der Waals surface area contributed by atoms with Gasteiger partial charge in [-0.3, -0.25) is 0 Å². The Morgan fingerprint density at radius 2 is 1.67 bits per heavy atom. The van der Waals surface area contributed by atoms with Gasteiger partial charge in [-0.1, -0.05) is 20.8 Å². The van der Waals surface area contributed by atoms with Crippen LogP contribution in [0, 0.1) is 0 Å². The first-order chi connectivity index (χ1) is 7.87. The molecule has 0 aromatic carbocycles. The Labute approximate surface area is 119 Å². The molecule has 0 spiro atoms. The van der Waals surface area contributed by atoms with Gasteiger partial charge in [0.25, 0.3) is 0 Å². The molecular weight excluding hydrogens is 288 g/mol. The monoisotopic (exact) mass is 308 g/mol. The van der Waals surface area contributed by atoms with Gasteiger partial charge >= 0.3 is 0 Å². The lowest BCUT2D eigenvalue weighted by molar-refractivity contribution is 0.545. The van der Waals surface area contributed by atoms with Crippen LogP contribution in [0.1, 0.15) is 49.8 Å². The van der Waals surface area contributed by atoms with Gasteiger partial charge < -0.3 is 0 Å². The summed E-state index contributed by atoms with van der Waals surface area (Å²) in [4.78, 5) is 2.13. The first-order valence-electron chi connectivity index (χ1n) is 5.81. The number of alkyl halides is 1. The number of rotatable bonds is 3. The summed E-state index contributed by atoms with van der Waals surface area (Å²) in [6, 6.07) is 3.98. The molecule has 0 saturated heterocycles. The summed E-state index contributed by atoms with van der Waals surface area (Å²) >= 11 is 7.97. The summed E-state index contributed by atoms with van der Waals surface area (Å²) in [5.74, 6) is 0. The van der Waals surface area contributed by atoms with E-state index in [9.17, 15) is 8.42 Å². The first kappa shape index (κ1) is 16.0. The third-order valence-electron chi connectivity index (χ3n) is 3.18. The van der Waals surface area contributed by atoms with Crippen LogP contribution < -0.4 is 0 Å². The van der Waals surface area contributed by atoms with Crippen LogP contribution in [0.3, 0.4) is 0 Å². The molecule has 1 heterocycles. The van der Waals surface area contributed by atoms with Crippen LogP contribution in [-0.2, 0) is 15.3 Å². The average molecular weight is 309 g/mol. The minimum absolute atomic E-state index is 0.0642. The van der Waals surface area contributed by atoms with Crippen molar-refractivity contribution in [3.8, 4) is 0 Å². The zero-order chi connectivity index (χ0) is 14.4. The standard InChI is InChI=1S/C13H21ClO2S2/c1-12(2,3)10-8-7-9(17-10)11(14)13(4,5)18(6,15)16/h7-8,11H,1-6H3. The van der Waals surface area contributed by atoms with Crippen molar-refractivity contribution in [2.24, 2.45) is 0 Å². The second-order valence-electron chi connectivity index (χ2n) is 6.19. The molecular formula is C13H21ClO2S2. The third-order valence-corrected chi connectivity index (χ3v) is 7.94. The van der Waals surface area contributed by atoms with Crippen LogP contribution >= 0.6 is 22.9 Å². The zero-order valence-electron chi connectivity index (χ0n) is 11.7. The largest absolute Gasteiger partial charge is 0.229 e. The molecule has 5 heteroatoms. The van der Waals surface area contributed by atoms with Gasteiger partial charge in [-0.2, -0.15) is 0 Å². The molecule has 1 unspecified atom stereocenters. The van der Waals surface area contributed by atoms with E-state index in [1.807, 2.05) is 12.1 Å². The smallest absolute Gasteiger partial charge is 0.154 e. The van der Waals surface area contributed by atoms with Crippen LogP contribution in [-0.4, -0.2) is 19.4 Å². The van der Waals surface area contributed by atoms with Gasteiger partial charge in [-0.05, 0) is 31.4 Å². The minimum atomic E-state index is -3.20. The van der Waals surface area contributed by atoms with E-state index in [0.717, 1.165) is 4.88 Å². The van der Waals surface area contributed by atoms with Crippen LogP contribution in [0.2, 0.25) is 0 Å². The molecule has 1 rings (SSSR count). The van der Waals surface area contributed by atoms with Crippen LogP contribution in [0.4, 0.5) is 0 Å². The fraction of sp³-hybridized carbons (Fsp3) is 0.692. The van der Waals surface area contributed by atoms with E-state index in [4.69, 9.17) is 11.6 Å². The second-order valence-corrected chi connectivity index (χ2v) is 10.3. The predicted molar refractivity (Wildman–Crippen MR) is 80.5 cm³/mol. The third kappa shape index (κ3) is 3.09. The molecule has 2 nitrogen and oxygen atoms in total. The summed E-state index contributed by atoms with van der Waals surface area (Å²) in [5, 5.41) is -0.520. The van der Waals surface area contributed by atoms with Gasteiger partial charge in [0.2, 0.25) is 0 Å². The molecule has 0 aliphatic carbocycles. The van der Waals surface area contributed by atoms with Gasteiger partial charge in [-0.15, -0.1) is 22.9 Å². The molecule has 0 aliphatic heterocycles. The predicted octanol–water partition coefficient (Wildman–Crippen LogP) is 4.15. The molecule has 18 heavy (non-hydrogen) atoms. The van der Waals surface area contributed by atoms with Gasteiger partial charge in [0.1, 0.15) is 0 Å². The lowest BCUT2D eigenvalue weighted by Gasteiger charge is -2.27. The fourth-order valence-electron chi connectivity index (χ4n) is 1.42. The van der Waals surface area contributed by atoms with Gasteiger partial charge in [-0.25, -0.2) is 8.42 Å². The lowest BCUT2D eigenvalue weighted by atomic mass is 9.95. The van der Waals surface area contributed by atoms with Crippen molar-refractivity contribution in [2.45, 2.75) is 50.2 Å². The highest BCUT2D eigenvalue weighted by Gasteiger charge is 2.39. The van der Waals surface area contributed by atoms with Gasteiger partial charge in [0.05, 0.1) is 10.1 Å². The topological polar surface area (TPSA) is 34.1 Å². The molecule has 0 saturated carbocycles. The Hall–Kier alpha value is -0.0600. The Morgan fingerprint density at radius 1 is 1.17 bits per heavy atom. The van der Waals surface area contributed by atoms with Crippen LogP contribution in [0.15, 0.2) is 12.1 Å². The Bertz CT molecular complexity index is 521. The van der Waals surface area contributed by atoms with Gasteiger partial charge in [0.15, 0.2) is 9.84 Å². The molecule has 0 bridgehead atoms. The van der Waals surface area contributed by atoms with Crippen molar-refractivity contribution in [3.05, 3.63) is 21.9 Å². The van der Waals surface area contributed by atoms with E-state index in [1.54, 1.807) is 25.2 Å². The number of halogens is 1. The first-order valence-corrected chi connectivity index (χ1v) is 8.95. The van der Waals surface area contributed by atoms with Crippen molar-refractivity contribution in [1.29, 1.82) is 0 Å². The molecule has 0 amide bonds. The maximum Gasteiger partial charge on any atom is 0.154 e. The highest BCUT2D eigenvalue weighted by atomic mass is 35.5. The summed E-state index contributed by atoms with van der Waals surface area (Å²) < 4.78 is 22.6. The van der Waals surface area contributed by atoms with Crippen molar-refractivity contribution in [2.75, 3.05) is 6.26 Å². The molecule has 0 N–H and O–H groups in total. The summed E-state index contributed by atoms with van der Waals surface area (Å²) in [6.45, 7) is 9.75. The van der Waals surface area contributed by atoms with Crippen molar-refractivity contribution in [3.63, 3.8) is 0 Å². The summed E-state index contributed by atoms with van der Waals surface area (Å²) in [5.41, 5.74) is 0.0642. The van der Waals surface area contributed by atoms with Crippen molar-refractivity contribution in [1.82, 2.24) is 0 Å². The summed E-state index contributed by atoms with van der Waals surface area (Å²) in [6.07, 6.45) is 1.24. The molecule has 0 radical (unpaired) electrons. The maximum absolute atomic E-state index is 11.8. The minimum Gasteiger partial charge on any atom is -0.229 e. The number of thiophene rings is 1. The SMILES string of the molecule is CC(C)(C)c1ccc(C(Cl)C(C)(C)S(C)(=O)=O)s1. The van der Waals surface area contributed by atoms with E-state index < -0.39 is 20.0 Å². The Morgan fingerprint density at radius 3 is 2.00 bits per heavy atom. The number of sulfone groups is 1. The molecule has 1 atom stereocenters. The second kappa shape index (κ2) is 4.80. The van der Waals surface area contributed by atoms with Crippen LogP contribution in [0.5, 0.6) is 0 Å². The quantitative estimate of drug-likeness (QED) is 0.786. The summed E-state index contributed by atoms with van der Waals surface area (Å²) in [7, 11) is -3.20. The maximum atomic E-state index is 11.8. The van der Waals surface area contributed by atoms with Crippen molar-refractivity contribution >= 4 is 32.8 Å². The van der Waals surface area contributed by atoms with E-state index in [2.05, 4.69) is 20.8 Å². The molecule has 1 aromatic heterocycles. The van der Waals surface area contributed by atoms with E-state index >= 15 is 0 Å². The zero-order valence-corrected chi connectivity index (χ0v) is 14.1. The Balaban J connectivity index is 3.14.